The molecule has 3 rings (SSSR count). The Morgan fingerprint density at radius 3 is 2.48 bits per heavy atom. The Morgan fingerprint density at radius 1 is 1.14 bits per heavy atom. The van der Waals surface area contributed by atoms with Gasteiger partial charge in [-0.1, -0.05) is 0 Å². The number of hydrogen-bond acceptors (Lipinski definition) is 5. The van der Waals surface area contributed by atoms with Crippen molar-refractivity contribution in [2.75, 3.05) is 31.1 Å². The third-order valence-corrected chi connectivity index (χ3v) is 4.64. The van der Waals surface area contributed by atoms with Crippen LogP contribution in [0.4, 0.5) is 10.1 Å². The zero-order valence-electron chi connectivity index (χ0n) is 11.8. The average molecular weight is 306 g/mol. The smallest absolute Gasteiger partial charge is 0.123 e. The molecule has 1 aliphatic heterocycles. The quantitative estimate of drug-likeness (QED) is 0.939. The minimum Gasteiger partial charge on any atom is -0.369 e. The van der Waals surface area contributed by atoms with Gasteiger partial charge in [0.1, 0.15) is 10.8 Å². The first-order valence-corrected chi connectivity index (χ1v) is 7.99. The number of halogens is 1. The summed E-state index contributed by atoms with van der Waals surface area (Å²) in [6.07, 6.45) is 0. The Labute approximate surface area is 128 Å². The van der Waals surface area contributed by atoms with Crippen LogP contribution in [0.15, 0.2) is 29.6 Å². The molecule has 2 N–H and O–H groups in total. The summed E-state index contributed by atoms with van der Waals surface area (Å²) in [6.45, 7) is 5.30. The van der Waals surface area contributed by atoms with Gasteiger partial charge < -0.3 is 10.6 Å². The van der Waals surface area contributed by atoms with Gasteiger partial charge in [-0.15, -0.1) is 11.3 Å². The van der Waals surface area contributed by atoms with Crippen molar-refractivity contribution in [2.24, 2.45) is 5.73 Å². The fraction of sp³-hybridized carbons (Fsp3) is 0.400. The molecule has 0 atom stereocenters. The van der Waals surface area contributed by atoms with Crippen molar-refractivity contribution in [3.05, 3.63) is 46.2 Å². The van der Waals surface area contributed by atoms with Crippen LogP contribution in [0.1, 0.15) is 10.7 Å². The number of rotatable bonds is 4. The zero-order valence-corrected chi connectivity index (χ0v) is 12.7. The van der Waals surface area contributed by atoms with Gasteiger partial charge in [0.2, 0.25) is 0 Å². The molecule has 0 aliphatic carbocycles. The molecule has 0 spiro atoms. The maximum Gasteiger partial charge on any atom is 0.123 e. The first kappa shape index (κ1) is 14.4. The summed E-state index contributed by atoms with van der Waals surface area (Å²) < 4.78 is 12.9. The van der Waals surface area contributed by atoms with Gasteiger partial charge in [-0.2, -0.15) is 0 Å². The molecule has 0 amide bonds. The van der Waals surface area contributed by atoms with E-state index in [1.807, 2.05) is 12.1 Å². The topological polar surface area (TPSA) is 45.4 Å². The summed E-state index contributed by atoms with van der Waals surface area (Å²) in [4.78, 5) is 9.20. The number of anilines is 1. The molecule has 0 radical (unpaired) electrons. The van der Waals surface area contributed by atoms with Gasteiger partial charge in [-0.3, -0.25) is 4.90 Å². The predicted molar refractivity (Wildman–Crippen MR) is 83.9 cm³/mol. The van der Waals surface area contributed by atoms with Gasteiger partial charge in [0.15, 0.2) is 0 Å². The molecular formula is C15H19FN4S. The molecule has 0 saturated carbocycles. The van der Waals surface area contributed by atoms with Crippen LogP contribution in [-0.4, -0.2) is 36.1 Å². The Hall–Kier alpha value is -1.50. The molecule has 1 fully saturated rings. The molecule has 112 valence electrons. The van der Waals surface area contributed by atoms with E-state index in [1.54, 1.807) is 11.3 Å². The molecule has 0 unspecified atom stereocenters. The molecule has 1 saturated heterocycles. The second kappa shape index (κ2) is 6.51. The molecule has 4 nitrogen and oxygen atoms in total. The Balaban J connectivity index is 1.54. The van der Waals surface area contributed by atoms with E-state index >= 15 is 0 Å². The summed E-state index contributed by atoms with van der Waals surface area (Å²) in [5.41, 5.74) is 7.79. The minimum atomic E-state index is -0.184. The molecule has 1 aromatic carbocycles. The minimum absolute atomic E-state index is 0.184. The molecule has 6 heteroatoms. The number of hydrogen-bond donors (Lipinski definition) is 1. The lowest BCUT2D eigenvalue weighted by atomic mass is 10.2. The second-order valence-corrected chi connectivity index (χ2v) is 6.12. The molecule has 21 heavy (non-hydrogen) atoms. The zero-order chi connectivity index (χ0) is 14.7. The fourth-order valence-corrected chi connectivity index (χ4v) is 3.23. The maximum absolute atomic E-state index is 12.9. The van der Waals surface area contributed by atoms with Gasteiger partial charge in [-0.05, 0) is 24.3 Å². The summed E-state index contributed by atoms with van der Waals surface area (Å²) in [5, 5.41) is 3.09. The normalized spacial score (nSPS) is 16.4. The summed E-state index contributed by atoms with van der Waals surface area (Å²) in [7, 11) is 0. The molecule has 1 aliphatic rings. The average Bonchev–Trinajstić information content (AvgIpc) is 2.97. The SMILES string of the molecule is NCc1nc(CN2CCN(c3ccc(F)cc3)CC2)cs1. The van der Waals surface area contributed by atoms with Gasteiger partial charge >= 0.3 is 0 Å². The predicted octanol–water partition coefficient (Wildman–Crippen LogP) is 2.06. The van der Waals surface area contributed by atoms with Crippen LogP contribution in [0, 0.1) is 5.82 Å². The highest BCUT2D eigenvalue weighted by atomic mass is 32.1. The molecule has 2 aromatic rings. The van der Waals surface area contributed by atoms with E-state index in [0.717, 1.165) is 49.1 Å². The van der Waals surface area contributed by atoms with E-state index in [4.69, 9.17) is 5.73 Å². The van der Waals surface area contributed by atoms with Crippen LogP contribution in [0.2, 0.25) is 0 Å². The van der Waals surface area contributed by atoms with Gasteiger partial charge in [0, 0.05) is 50.3 Å². The monoisotopic (exact) mass is 306 g/mol. The first-order chi connectivity index (χ1) is 10.2. The third-order valence-electron chi connectivity index (χ3n) is 3.72. The van der Waals surface area contributed by atoms with Crippen molar-refractivity contribution in [1.29, 1.82) is 0 Å². The number of nitrogens with two attached hydrogens (primary N) is 1. The number of aromatic nitrogens is 1. The molecule has 2 heterocycles. The van der Waals surface area contributed by atoms with Crippen molar-refractivity contribution in [3.63, 3.8) is 0 Å². The van der Waals surface area contributed by atoms with Crippen LogP contribution in [0.3, 0.4) is 0 Å². The molecule has 1 aromatic heterocycles. The van der Waals surface area contributed by atoms with Crippen LogP contribution >= 0.6 is 11.3 Å². The van der Waals surface area contributed by atoms with Gasteiger partial charge in [-0.25, -0.2) is 9.37 Å². The Kier molecular flexibility index (Phi) is 4.48. The summed E-state index contributed by atoms with van der Waals surface area (Å²) in [6, 6.07) is 6.73. The van der Waals surface area contributed by atoms with E-state index in [9.17, 15) is 4.39 Å². The fourth-order valence-electron chi connectivity index (χ4n) is 2.56. The number of piperazine rings is 1. The van der Waals surface area contributed by atoms with Gasteiger partial charge in [0.05, 0.1) is 5.69 Å². The number of thiazole rings is 1. The second-order valence-electron chi connectivity index (χ2n) is 5.18. The highest BCUT2D eigenvalue weighted by molar-refractivity contribution is 7.09. The number of benzene rings is 1. The maximum atomic E-state index is 12.9. The van der Waals surface area contributed by atoms with E-state index < -0.39 is 0 Å². The van der Waals surface area contributed by atoms with E-state index in [1.165, 1.54) is 12.1 Å². The summed E-state index contributed by atoms with van der Waals surface area (Å²) >= 11 is 1.63. The largest absolute Gasteiger partial charge is 0.369 e. The van der Waals surface area contributed by atoms with Crippen molar-refractivity contribution < 1.29 is 4.39 Å². The van der Waals surface area contributed by atoms with Gasteiger partial charge in [0.25, 0.3) is 0 Å². The van der Waals surface area contributed by atoms with E-state index in [0.29, 0.717) is 6.54 Å². The van der Waals surface area contributed by atoms with Crippen LogP contribution in [0.5, 0.6) is 0 Å². The van der Waals surface area contributed by atoms with Crippen LogP contribution in [0.25, 0.3) is 0 Å². The highest BCUT2D eigenvalue weighted by Crippen LogP contribution is 2.18. The van der Waals surface area contributed by atoms with Crippen LogP contribution in [-0.2, 0) is 13.1 Å². The summed E-state index contributed by atoms with van der Waals surface area (Å²) in [5.74, 6) is -0.184. The van der Waals surface area contributed by atoms with Crippen LogP contribution < -0.4 is 10.6 Å². The highest BCUT2D eigenvalue weighted by Gasteiger charge is 2.18. The lowest BCUT2D eigenvalue weighted by Crippen LogP contribution is -2.46. The van der Waals surface area contributed by atoms with E-state index in [2.05, 4.69) is 20.2 Å². The lowest BCUT2D eigenvalue weighted by molar-refractivity contribution is 0.247. The Bertz CT molecular complexity index is 576. The van der Waals surface area contributed by atoms with Crippen molar-refractivity contribution >= 4 is 17.0 Å². The van der Waals surface area contributed by atoms with Crippen molar-refractivity contribution in [3.8, 4) is 0 Å². The molecular weight excluding hydrogens is 287 g/mol. The Morgan fingerprint density at radius 2 is 1.86 bits per heavy atom. The standard InChI is InChI=1S/C15H19FN4S/c16-12-1-3-14(4-2-12)20-7-5-19(6-8-20)10-13-11-21-15(9-17)18-13/h1-4,11H,5-10,17H2. The van der Waals surface area contributed by atoms with Crippen molar-refractivity contribution in [2.45, 2.75) is 13.1 Å². The lowest BCUT2D eigenvalue weighted by Gasteiger charge is -2.35. The van der Waals surface area contributed by atoms with Crippen molar-refractivity contribution in [1.82, 2.24) is 9.88 Å². The van der Waals surface area contributed by atoms with E-state index in [-0.39, 0.29) is 5.82 Å². The first-order valence-electron chi connectivity index (χ1n) is 7.11. The third kappa shape index (κ3) is 3.58. The molecule has 0 bridgehead atoms. The number of nitrogens with zero attached hydrogens (tertiary/aromatic N) is 3.